The average Bonchev–Trinajstić information content (AvgIpc) is 0.794. The molecule has 10 amide bonds. The Kier molecular flexibility index (Phi) is 62.8. The predicted octanol–water partition coefficient (Wildman–Crippen LogP) is 1.77. The molecule has 3 saturated heterocycles. The Hall–Kier alpha value is -10.4. The first kappa shape index (κ1) is 123. The number of carbonyl (C=O) groups excluding carboxylic acids is 19. The van der Waals surface area contributed by atoms with E-state index >= 15 is 0 Å². The van der Waals surface area contributed by atoms with Crippen molar-refractivity contribution in [1.82, 2.24) is 53.2 Å². The first-order valence-corrected chi connectivity index (χ1v) is 47.9. The molecule has 0 aromatic carbocycles. The number of carbonyl (C=O) groups is 19. The molecule has 47 heteroatoms. The fourth-order valence-corrected chi connectivity index (χ4v) is 14.9. The molecule has 0 aliphatic carbocycles. The summed E-state index contributed by atoms with van der Waals surface area (Å²) < 4.78 is 103. The second-order valence-corrected chi connectivity index (χ2v) is 34.0. The third-order valence-corrected chi connectivity index (χ3v) is 21.2. The third kappa shape index (κ3) is 56.0. The summed E-state index contributed by atoms with van der Waals surface area (Å²) in [5.74, 6) is -10.7. The monoisotopic (exact) mass is 1990 g/mol. The average molecular weight is 1990 g/mol. The fourth-order valence-electron chi connectivity index (χ4n) is 14.9. The van der Waals surface area contributed by atoms with Gasteiger partial charge in [0.25, 0.3) is 0 Å². The first-order chi connectivity index (χ1) is 66.2. The smallest absolute Gasteiger partial charge is 0.303 e. The van der Waals surface area contributed by atoms with E-state index in [2.05, 4.69) is 60.1 Å². The molecule has 10 N–H and O–H groups in total. The molecule has 0 aromatic rings. The van der Waals surface area contributed by atoms with Gasteiger partial charge in [-0.3, -0.25) is 91.1 Å². The van der Waals surface area contributed by atoms with E-state index in [0.717, 1.165) is 101 Å². The van der Waals surface area contributed by atoms with Crippen LogP contribution in [0.15, 0.2) is 0 Å². The lowest BCUT2D eigenvalue weighted by molar-refractivity contribution is -0.277. The molecular weight excluding hydrogens is 1840 g/mol. The highest BCUT2D eigenvalue weighted by atomic mass is 16.7. The lowest BCUT2D eigenvalue weighted by Crippen LogP contribution is -2.66. The molecule has 3 fully saturated rings. The molecule has 8 unspecified atom stereocenters. The first-order valence-electron chi connectivity index (χ1n) is 47.9. The number of unbranched alkanes of at least 4 members (excludes halogenated alkanes) is 12. The van der Waals surface area contributed by atoms with Crippen molar-refractivity contribution in [2.24, 2.45) is 0 Å². The number of ether oxygens (including phenoxy) is 18. The SMILES string of the molecule is CCCCCCCCCCCCC(=O)NC(COCCC(=O)NCCCNC(=O)CCCCO[C@@H]1OC(COC(C)=O)[C@H](OC(C)=O)C(OC(C)=O)C1NC(C)=O)(COCCC(=O)NCCCNC(=O)CCCCO[C@@H]1OC(COC(C)=O)[C@H](OC(C)=O)C(OC(C)=O)C1NC(C)=O)COCCC(=O)NCCCNC(=O)CCCCO[C@@H]1OC(COC(C)=O)[C@H](OC(C)=O)C(OC(C)=O)[C@@H]1NC(C)=O. The van der Waals surface area contributed by atoms with Crippen LogP contribution in [0.3, 0.4) is 0 Å². The Balaban J connectivity index is 1.66. The Bertz CT molecular complexity index is 3480. The van der Waals surface area contributed by atoms with E-state index in [-0.39, 0.29) is 167 Å². The summed E-state index contributed by atoms with van der Waals surface area (Å²) in [7, 11) is 0. The molecule has 47 nitrogen and oxygen atoms in total. The van der Waals surface area contributed by atoms with Crippen molar-refractivity contribution in [1.29, 1.82) is 0 Å². The van der Waals surface area contributed by atoms with Gasteiger partial charge < -0.3 is 138 Å². The van der Waals surface area contributed by atoms with Crippen LogP contribution in [0.5, 0.6) is 0 Å². The van der Waals surface area contributed by atoms with Crippen molar-refractivity contribution in [3.8, 4) is 0 Å². The Labute approximate surface area is 812 Å². The zero-order valence-corrected chi connectivity index (χ0v) is 82.9. The summed E-state index contributed by atoms with van der Waals surface area (Å²) >= 11 is 0. The molecule has 0 spiro atoms. The summed E-state index contributed by atoms with van der Waals surface area (Å²) in [6.45, 7) is 14.7. The predicted molar refractivity (Wildman–Crippen MR) is 487 cm³/mol. The molecule has 0 bridgehead atoms. The fraction of sp³-hybridized carbons (Fsp3) is 0.793. The minimum absolute atomic E-state index is 0.00642. The molecule has 0 radical (unpaired) electrons. The van der Waals surface area contributed by atoms with Gasteiger partial charge in [-0.25, -0.2) is 0 Å². The van der Waals surface area contributed by atoms with E-state index in [0.29, 0.717) is 64.2 Å². The second-order valence-electron chi connectivity index (χ2n) is 34.0. The van der Waals surface area contributed by atoms with Crippen LogP contribution >= 0.6 is 0 Å². The van der Waals surface area contributed by atoms with Crippen LogP contribution in [0, 0.1) is 0 Å². The molecule has 792 valence electrons. The van der Waals surface area contributed by atoms with Gasteiger partial charge in [0.1, 0.15) is 61.8 Å². The molecule has 3 aliphatic rings. The number of rotatable bonds is 72. The highest BCUT2D eigenvalue weighted by molar-refractivity contribution is 5.80. The lowest BCUT2D eigenvalue weighted by Gasteiger charge is -2.44. The van der Waals surface area contributed by atoms with Crippen LogP contribution in [0.25, 0.3) is 0 Å². The van der Waals surface area contributed by atoms with Gasteiger partial charge in [0.05, 0.1) is 39.6 Å². The van der Waals surface area contributed by atoms with Crippen LogP contribution in [0.1, 0.15) is 257 Å². The molecule has 3 heterocycles. The largest absolute Gasteiger partial charge is 0.463 e. The minimum Gasteiger partial charge on any atom is -0.463 e. The van der Waals surface area contributed by atoms with Gasteiger partial charge in [-0.05, 0) is 64.2 Å². The lowest BCUT2D eigenvalue weighted by atomic mass is 9.96. The standard InChI is InChI=1S/C92H152N10O37/c1-14-15-16-17-18-19-20-21-22-23-36-79(121)102-92(55-122-49-37-76(118)96-43-30-40-93-73(115)33-24-27-46-125-89-80(99-58(2)103)86(134-67(11)112)83(131-64(8)109)70(137-89)52-128-61(5)106,56-123-50-38-77(119)97-44-31-41-94-74(116)34-25-28-47-126-90-81(100-59(3)104)87(135-68(12)113)84(132-65(9)110)71(138-90)53-129-62(6)107)57-124-51-39-78(120)98-45-32-42-95-75(117)35-26-29-48-127-91-82(101-60(4)105)88(136-69(13)114)85(133-66(10)111)72(139-91)54-130-63(7)108/h70-72,80-91H,14-57H2,1-13H3,(H,93,115)(H,94,116)(H,95,117)(H,96,118)(H,97,119)(H,98,120)(H,99,103)(H,100,104)(H,101,105)(H,102,121)/t70?,71?,72?,80-,81?,82?,83-,84-,85-,86?,87?,88?,89+,90+,91+,92?/m0/s1. The van der Waals surface area contributed by atoms with Crippen molar-refractivity contribution in [2.75, 3.05) is 119 Å². The normalized spacial score (nSPS) is 21.3. The molecule has 15 atom stereocenters. The summed E-state index contributed by atoms with van der Waals surface area (Å²) in [4.78, 5) is 238. The number of hydrogen-bond acceptors (Lipinski definition) is 37. The van der Waals surface area contributed by atoms with Crippen molar-refractivity contribution in [3.05, 3.63) is 0 Å². The number of amides is 10. The number of hydrogen-bond donors (Lipinski definition) is 10. The molecule has 3 rings (SSSR count). The molecule has 3 aliphatic heterocycles. The highest BCUT2D eigenvalue weighted by Crippen LogP contribution is 2.32. The zero-order chi connectivity index (χ0) is 103. The summed E-state index contributed by atoms with van der Waals surface area (Å²) in [6.07, 6.45) is -1.95. The minimum atomic E-state index is -1.44. The summed E-state index contributed by atoms with van der Waals surface area (Å²) in [5, 5.41) is 27.8. The van der Waals surface area contributed by atoms with E-state index < -0.39 is 206 Å². The maximum Gasteiger partial charge on any atom is 0.303 e. The zero-order valence-electron chi connectivity index (χ0n) is 82.9. The quantitative estimate of drug-likeness (QED) is 0.0236. The molecule has 0 saturated carbocycles. The van der Waals surface area contributed by atoms with E-state index in [1.165, 1.54) is 40.0 Å². The molecular formula is C92H152N10O37. The van der Waals surface area contributed by atoms with E-state index in [1.54, 1.807) is 0 Å². The number of esters is 9. The maximum atomic E-state index is 14.1. The number of nitrogens with one attached hydrogen (secondary N) is 10. The van der Waals surface area contributed by atoms with Gasteiger partial charge in [-0.2, -0.15) is 0 Å². The van der Waals surface area contributed by atoms with E-state index in [1.807, 2.05) is 0 Å². The van der Waals surface area contributed by atoms with Crippen molar-refractivity contribution < 1.29 is 176 Å². The second kappa shape index (κ2) is 71.1. The van der Waals surface area contributed by atoms with Gasteiger partial charge in [0, 0.05) is 187 Å². The summed E-state index contributed by atoms with van der Waals surface area (Å²) in [6, 6.07) is -3.50. The van der Waals surface area contributed by atoms with Crippen LogP contribution in [0.4, 0.5) is 0 Å². The van der Waals surface area contributed by atoms with Crippen LogP contribution in [-0.2, 0) is 176 Å². The maximum absolute atomic E-state index is 14.1. The molecule has 0 aromatic heterocycles. The van der Waals surface area contributed by atoms with Crippen molar-refractivity contribution >= 4 is 113 Å². The van der Waals surface area contributed by atoms with Gasteiger partial charge >= 0.3 is 53.7 Å². The van der Waals surface area contributed by atoms with Gasteiger partial charge in [0.2, 0.25) is 59.1 Å². The third-order valence-electron chi connectivity index (χ3n) is 21.2. The van der Waals surface area contributed by atoms with Crippen molar-refractivity contribution in [2.45, 2.75) is 354 Å². The van der Waals surface area contributed by atoms with Crippen molar-refractivity contribution in [3.63, 3.8) is 0 Å². The van der Waals surface area contributed by atoms with Crippen LogP contribution in [0.2, 0.25) is 0 Å². The Morgan fingerprint density at radius 3 is 0.727 bits per heavy atom. The van der Waals surface area contributed by atoms with Crippen LogP contribution < -0.4 is 53.2 Å². The Morgan fingerprint density at radius 1 is 0.252 bits per heavy atom. The highest BCUT2D eigenvalue weighted by Gasteiger charge is 2.55. The van der Waals surface area contributed by atoms with Gasteiger partial charge in [-0.1, -0.05) is 64.7 Å². The molecule has 139 heavy (non-hydrogen) atoms. The van der Waals surface area contributed by atoms with Crippen LogP contribution in [-0.4, -0.2) is 329 Å². The topological polar surface area (TPSA) is 611 Å². The van der Waals surface area contributed by atoms with E-state index in [9.17, 15) is 91.1 Å². The van der Waals surface area contributed by atoms with E-state index in [4.69, 9.17) is 85.3 Å². The Morgan fingerprint density at radius 2 is 0.482 bits per heavy atom. The van der Waals surface area contributed by atoms with Gasteiger partial charge in [0.15, 0.2) is 55.5 Å². The summed E-state index contributed by atoms with van der Waals surface area (Å²) in [5.41, 5.74) is -1.44. The van der Waals surface area contributed by atoms with Gasteiger partial charge in [-0.15, -0.1) is 0 Å².